The Morgan fingerprint density at radius 3 is 2.32 bits per heavy atom. The molecule has 1 fully saturated rings. The van der Waals surface area contributed by atoms with E-state index < -0.39 is 0 Å². The molecule has 1 aromatic heterocycles. The molecule has 1 aliphatic rings. The Bertz CT molecular complexity index is 718. The number of aromatic nitrogens is 2. The summed E-state index contributed by atoms with van der Waals surface area (Å²) < 4.78 is 14.6. The van der Waals surface area contributed by atoms with Gasteiger partial charge in [0.25, 0.3) is 0 Å². The van der Waals surface area contributed by atoms with Crippen LogP contribution in [0.5, 0.6) is 0 Å². The summed E-state index contributed by atoms with van der Waals surface area (Å²) in [6.07, 6.45) is 13.2. The van der Waals surface area contributed by atoms with Crippen LogP contribution in [0.4, 0.5) is 4.39 Å². The lowest BCUT2D eigenvalue weighted by Gasteiger charge is -2.27. The van der Waals surface area contributed by atoms with Crippen LogP contribution in [-0.4, -0.2) is 10.2 Å². The number of unbranched alkanes of at least 4 members (excludes halogenated alkanes) is 2. The highest BCUT2D eigenvalue weighted by Crippen LogP contribution is 2.33. The first-order valence-corrected chi connectivity index (χ1v) is 11.3. The largest absolute Gasteiger partial charge is 0.207 e. The zero-order valence-corrected chi connectivity index (χ0v) is 17.6. The molecule has 0 atom stereocenters. The van der Waals surface area contributed by atoms with Gasteiger partial charge in [0.05, 0.1) is 11.4 Å². The molecule has 3 heteroatoms. The molecule has 0 spiro atoms. The molecule has 28 heavy (non-hydrogen) atoms. The summed E-state index contributed by atoms with van der Waals surface area (Å²) >= 11 is 0. The molecule has 1 aromatic carbocycles. The third-order valence-corrected chi connectivity index (χ3v) is 6.47. The third kappa shape index (κ3) is 5.86. The summed E-state index contributed by atoms with van der Waals surface area (Å²) in [5.74, 6) is 1.59. The van der Waals surface area contributed by atoms with Crippen molar-refractivity contribution in [3.8, 4) is 11.3 Å². The molecule has 152 valence electrons. The van der Waals surface area contributed by atoms with Crippen LogP contribution in [0.15, 0.2) is 30.3 Å². The molecular weight excluding hydrogens is 347 g/mol. The normalized spacial score (nSPS) is 19.7. The SMILES string of the molecule is CCCCCc1ccc(-c2ccc(CC[C@H]3CC[C@H](CC)CC3)c(F)c2)nn1. The van der Waals surface area contributed by atoms with E-state index in [-0.39, 0.29) is 5.82 Å². The van der Waals surface area contributed by atoms with E-state index in [0.29, 0.717) is 0 Å². The quantitative estimate of drug-likeness (QED) is 0.430. The van der Waals surface area contributed by atoms with Crippen LogP contribution in [0.3, 0.4) is 0 Å². The minimum Gasteiger partial charge on any atom is -0.207 e. The smallest absolute Gasteiger partial charge is 0.127 e. The number of hydrogen-bond donors (Lipinski definition) is 0. The molecule has 0 radical (unpaired) electrons. The Balaban J connectivity index is 1.55. The van der Waals surface area contributed by atoms with Crippen LogP contribution in [0, 0.1) is 17.7 Å². The lowest BCUT2D eigenvalue weighted by Crippen LogP contribution is -2.14. The van der Waals surface area contributed by atoms with Crippen molar-refractivity contribution in [1.29, 1.82) is 0 Å². The Morgan fingerprint density at radius 1 is 0.893 bits per heavy atom. The summed E-state index contributed by atoms with van der Waals surface area (Å²) in [6, 6.07) is 9.56. The number of benzene rings is 1. The maximum Gasteiger partial charge on any atom is 0.127 e. The van der Waals surface area contributed by atoms with Gasteiger partial charge in [0, 0.05) is 5.56 Å². The van der Waals surface area contributed by atoms with Gasteiger partial charge in [0.15, 0.2) is 0 Å². The van der Waals surface area contributed by atoms with E-state index >= 15 is 0 Å². The first kappa shape index (κ1) is 21.0. The molecule has 1 saturated carbocycles. The summed E-state index contributed by atoms with van der Waals surface area (Å²) in [5.41, 5.74) is 3.43. The van der Waals surface area contributed by atoms with E-state index in [1.807, 2.05) is 24.3 Å². The van der Waals surface area contributed by atoms with Gasteiger partial charge in [0.2, 0.25) is 0 Å². The van der Waals surface area contributed by atoms with E-state index in [1.165, 1.54) is 44.9 Å². The number of nitrogens with zero attached hydrogens (tertiary/aromatic N) is 2. The highest BCUT2D eigenvalue weighted by Gasteiger charge is 2.20. The molecule has 0 bridgehead atoms. The van der Waals surface area contributed by atoms with Gasteiger partial charge in [-0.2, -0.15) is 10.2 Å². The monoisotopic (exact) mass is 382 g/mol. The molecule has 1 aliphatic carbocycles. The van der Waals surface area contributed by atoms with Gasteiger partial charge in [0.1, 0.15) is 5.82 Å². The fourth-order valence-corrected chi connectivity index (χ4v) is 4.40. The third-order valence-electron chi connectivity index (χ3n) is 6.47. The first-order chi connectivity index (χ1) is 13.7. The van der Waals surface area contributed by atoms with E-state index in [0.717, 1.165) is 60.0 Å². The fraction of sp³-hybridized carbons (Fsp3) is 0.600. The molecule has 0 unspecified atom stereocenters. The fourth-order valence-electron chi connectivity index (χ4n) is 4.40. The van der Waals surface area contributed by atoms with Crippen LogP contribution < -0.4 is 0 Å². The van der Waals surface area contributed by atoms with Crippen molar-refractivity contribution < 1.29 is 4.39 Å². The van der Waals surface area contributed by atoms with Crippen molar-refractivity contribution in [3.63, 3.8) is 0 Å². The van der Waals surface area contributed by atoms with Gasteiger partial charge in [-0.25, -0.2) is 4.39 Å². The van der Waals surface area contributed by atoms with E-state index in [9.17, 15) is 4.39 Å². The number of aryl methyl sites for hydroxylation is 2. The predicted octanol–water partition coefficient (Wildman–Crippen LogP) is 7.16. The molecular formula is C25H35FN2. The van der Waals surface area contributed by atoms with Crippen molar-refractivity contribution in [2.75, 3.05) is 0 Å². The molecule has 2 nitrogen and oxygen atoms in total. The molecule has 2 aromatic rings. The second-order valence-electron chi connectivity index (χ2n) is 8.51. The minimum absolute atomic E-state index is 0.103. The summed E-state index contributed by atoms with van der Waals surface area (Å²) in [6.45, 7) is 4.50. The average molecular weight is 383 g/mol. The Labute approximate surface area is 170 Å². The Morgan fingerprint density at radius 2 is 1.68 bits per heavy atom. The van der Waals surface area contributed by atoms with Gasteiger partial charge >= 0.3 is 0 Å². The standard InChI is InChI=1S/C25H35FN2/c1-3-5-6-7-23-16-17-25(28-27-23)22-15-14-21(24(26)18-22)13-12-20-10-8-19(4-2)9-11-20/h14-20H,3-13H2,1-2H3/t19-,20-. The second kappa shape index (κ2) is 10.7. The van der Waals surface area contributed by atoms with Crippen LogP contribution in [0.1, 0.15) is 82.9 Å². The maximum absolute atomic E-state index is 14.6. The Kier molecular flexibility index (Phi) is 8.00. The molecule has 0 aliphatic heterocycles. The highest BCUT2D eigenvalue weighted by molar-refractivity contribution is 5.59. The van der Waals surface area contributed by atoms with Crippen LogP contribution in [0.25, 0.3) is 11.3 Å². The number of rotatable bonds is 9. The lowest BCUT2D eigenvalue weighted by atomic mass is 9.78. The first-order valence-electron chi connectivity index (χ1n) is 11.3. The topological polar surface area (TPSA) is 25.8 Å². The van der Waals surface area contributed by atoms with Crippen molar-refractivity contribution in [2.45, 2.75) is 84.5 Å². The molecule has 0 saturated heterocycles. The van der Waals surface area contributed by atoms with Crippen LogP contribution >= 0.6 is 0 Å². The van der Waals surface area contributed by atoms with Crippen LogP contribution in [-0.2, 0) is 12.8 Å². The molecule has 1 heterocycles. The lowest BCUT2D eigenvalue weighted by molar-refractivity contribution is 0.258. The van der Waals surface area contributed by atoms with Gasteiger partial charge < -0.3 is 0 Å². The minimum atomic E-state index is -0.103. The average Bonchev–Trinajstić information content (AvgIpc) is 2.74. The van der Waals surface area contributed by atoms with E-state index in [4.69, 9.17) is 0 Å². The number of halogens is 1. The molecule has 0 N–H and O–H groups in total. The second-order valence-corrected chi connectivity index (χ2v) is 8.51. The maximum atomic E-state index is 14.6. The summed E-state index contributed by atoms with van der Waals surface area (Å²) in [4.78, 5) is 0. The van der Waals surface area contributed by atoms with Gasteiger partial charge in [-0.3, -0.25) is 0 Å². The number of hydrogen-bond acceptors (Lipinski definition) is 2. The van der Waals surface area contributed by atoms with E-state index in [2.05, 4.69) is 24.0 Å². The van der Waals surface area contributed by atoms with Gasteiger partial charge in [-0.15, -0.1) is 0 Å². The highest BCUT2D eigenvalue weighted by atomic mass is 19.1. The van der Waals surface area contributed by atoms with Crippen molar-refractivity contribution in [1.82, 2.24) is 10.2 Å². The molecule has 0 amide bonds. The van der Waals surface area contributed by atoms with Crippen LogP contribution in [0.2, 0.25) is 0 Å². The van der Waals surface area contributed by atoms with Gasteiger partial charge in [-0.1, -0.05) is 70.9 Å². The zero-order valence-electron chi connectivity index (χ0n) is 17.6. The van der Waals surface area contributed by atoms with Crippen molar-refractivity contribution in [2.24, 2.45) is 11.8 Å². The van der Waals surface area contributed by atoms with Gasteiger partial charge in [-0.05, 0) is 61.3 Å². The molecule has 3 rings (SSSR count). The zero-order chi connectivity index (χ0) is 19.8. The summed E-state index contributed by atoms with van der Waals surface area (Å²) in [5, 5.41) is 8.63. The van der Waals surface area contributed by atoms with Crippen molar-refractivity contribution >= 4 is 0 Å². The summed E-state index contributed by atoms with van der Waals surface area (Å²) in [7, 11) is 0. The predicted molar refractivity (Wildman–Crippen MR) is 115 cm³/mol. The Hall–Kier alpha value is -1.77. The van der Waals surface area contributed by atoms with Crippen molar-refractivity contribution in [3.05, 3.63) is 47.4 Å². The van der Waals surface area contributed by atoms with E-state index in [1.54, 1.807) is 6.07 Å².